The van der Waals surface area contributed by atoms with Crippen molar-refractivity contribution in [3.8, 4) is 0 Å². The van der Waals surface area contributed by atoms with Gasteiger partial charge < -0.3 is 4.74 Å². The lowest BCUT2D eigenvalue weighted by Crippen LogP contribution is -2.41. The van der Waals surface area contributed by atoms with Gasteiger partial charge in [-0.3, -0.25) is 20.4 Å². The van der Waals surface area contributed by atoms with E-state index in [2.05, 4.69) is 26.4 Å². The van der Waals surface area contributed by atoms with Gasteiger partial charge in [-0.05, 0) is 23.3 Å². The number of carbonyl (C=O) groups is 2. The Hall–Kier alpha value is -1.68. The minimum Gasteiger partial charge on any atom is -0.376 e. The Bertz CT molecular complexity index is 473. The highest BCUT2D eigenvalue weighted by Crippen LogP contribution is 2.17. The summed E-state index contributed by atoms with van der Waals surface area (Å²) in [6.45, 7) is 2.67. The van der Waals surface area contributed by atoms with Crippen LogP contribution in [0.5, 0.6) is 0 Å². The molecule has 0 radical (unpaired) electrons. The first-order valence-electron chi connectivity index (χ1n) is 6.21. The van der Waals surface area contributed by atoms with E-state index < -0.39 is 0 Å². The molecule has 0 bridgehead atoms. The number of ether oxygens (including phenoxy) is 1. The van der Waals surface area contributed by atoms with Gasteiger partial charge in [0.2, 0.25) is 17.0 Å². The highest BCUT2D eigenvalue weighted by molar-refractivity contribution is 7.99. The molecule has 2 amide bonds. The second-order valence-electron chi connectivity index (χ2n) is 4.30. The van der Waals surface area contributed by atoms with E-state index in [-0.39, 0.29) is 23.7 Å². The Balaban J connectivity index is 1.79. The molecule has 1 aromatic rings. The average Bonchev–Trinajstić information content (AvgIpc) is 3.06. The van der Waals surface area contributed by atoms with E-state index in [0.717, 1.165) is 19.4 Å². The zero-order chi connectivity index (χ0) is 14.4. The summed E-state index contributed by atoms with van der Waals surface area (Å²) < 4.78 is 7.15. The molecule has 2 heterocycles. The van der Waals surface area contributed by atoms with E-state index in [4.69, 9.17) is 4.74 Å². The van der Waals surface area contributed by atoms with Crippen molar-refractivity contribution < 1.29 is 14.3 Å². The molecule has 0 saturated carbocycles. The van der Waals surface area contributed by atoms with E-state index >= 15 is 0 Å². The summed E-state index contributed by atoms with van der Waals surface area (Å²) in [4.78, 5) is 22.1. The number of aromatic nitrogens is 4. The Morgan fingerprint density at radius 3 is 3.05 bits per heavy atom. The van der Waals surface area contributed by atoms with Crippen LogP contribution in [0, 0.1) is 0 Å². The second kappa shape index (κ2) is 7.20. The SMILES string of the molecule is CC(=O)NNC(=O)CSc1nnnn1C[C@H]1CCCO1. The maximum atomic E-state index is 11.4. The average molecular weight is 300 g/mol. The summed E-state index contributed by atoms with van der Waals surface area (Å²) in [6, 6.07) is 0. The van der Waals surface area contributed by atoms with Crippen molar-refractivity contribution in [3.63, 3.8) is 0 Å². The predicted molar refractivity (Wildman–Crippen MR) is 69.5 cm³/mol. The van der Waals surface area contributed by atoms with Crippen LogP contribution in [0.4, 0.5) is 0 Å². The maximum absolute atomic E-state index is 11.4. The molecule has 0 aliphatic carbocycles. The van der Waals surface area contributed by atoms with E-state index in [1.165, 1.54) is 18.7 Å². The number of thioether (sulfide) groups is 1. The normalized spacial score (nSPS) is 17.9. The van der Waals surface area contributed by atoms with Gasteiger partial charge in [0.15, 0.2) is 0 Å². The number of amides is 2. The number of hydrazine groups is 1. The lowest BCUT2D eigenvalue weighted by Gasteiger charge is -2.10. The van der Waals surface area contributed by atoms with Crippen LogP contribution in [0.3, 0.4) is 0 Å². The summed E-state index contributed by atoms with van der Waals surface area (Å²) in [6.07, 6.45) is 2.17. The second-order valence-corrected chi connectivity index (χ2v) is 5.24. The fraction of sp³-hybridized carbons (Fsp3) is 0.700. The molecule has 0 unspecified atom stereocenters. The predicted octanol–water partition coefficient (Wildman–Crippen LogP) is -0.888. The van der Waals surface area contributed by atoms with Gasteiger partial charge in [0.05, 0.1) is 18.4 Å². The van der Waals surface area contributed by atoms with Crippen molar-refractivity contribution in [1.82, 2.24) is 31.1 Å². The third-order valence-corrected chi connectivity index (χ3v) is 3.57. The molecule has 1 saturated heterocycles. The summed E-state index contributed by atoms with van der Waals surface area (Å²) in [7, 11) is 0. The van der Waals surface area contributed by atoms with Crippen LogP contribution in [-0.2, 0) is 20.9 Å². The highest BCUT2D eigenvalue weighted by atomic mass is 32.2. The van der Waals surface area contributed by atoms with Crippen LogP contribution < -0.4 is 10.9 Å². The Morgan fingerprint density at radius 2 is 2.35 bits per heavy atom. The zero-order valence-electron chi connectivity index (χ0n) is 11.0. The smallest absolute Gasteiger partial charge is 0.248 e. The lowest BCUT2D eigenvalue weighted by molar-refractivity contribution is -0.126. The first-order valence-corrected chi connectivity index (χ1v) is 7.19. The summed E-state index contributed by atoms with van der Waals surface area (Å²) >= 11 is 1.20. The van der Waals surface area contributed by atoms with E-state index in [1.807, 2.05) is 0 Å². The molecule has 20 heavy (non-hydrogen) atoms. The number of rotatable bonds is 5. The maximum Gasteiger partial charge on any atom is 0.248 e. The molecule has 2 N–H and O–H groups in total. The molecule has 1 aromatic heterocycles. The van der Waals surface area contributed by atoms with E-state index in [1.54, 1.807) is 4.68 Å². The minimum absolute atomic E-state index is 0.117. The monoisotopic (exact) mass is 300 g/mol. The highest BCUT2D eigenvalue weighted by Gasteiger charge is 2.19. The molecule has 110 valence electrons. The Labute approximate surface area is 119 Å². The lowest BCUT2D eigenvalue weighted by atomic mass is 10.2. The van der Waals surface area contributed by atoms with Crippen LogP contribution >= 0.6 is 11.8 Å². The van der Waals surface area contributed by atoms with Crippen LogP contribution in [0.1, 0.15) is 19.8 Å². The molecule has 2 rings (SSSR count). The van der Waals surface area contributed by atoms with Crippen LogP contribution in [0.15, 0.2) is 5.16 Å². The molecule has 1 aliphatic heterocycles. The fourth-order valence-electron chi connectivity index (χ4n) is 1.72. The van der Waals surface area contributed by atoms with Crippen molar-refractivity contribution in [2.45, 2.75) is 37.6 Å². The van der Waals surface area contributed by atoms with Crippen LogP contribution in [-0.4, -0.2) is 50.5 Å². The third-order valence-electron chi connectivity index (χ3n) is 2.61. The third kappa shape index (κ3) is 4.46. The van der Waals surface area contributed by atoms with Gasteiger partial charge in [-0.2, -0.15) is 0 Å². The number of hydrogen-bond donors (Lipinski definition) is 2. The van der Waals surface area contributed by atoms with E-state index in [9.17, 15) is 9.59 Å². The topological polar surface area (TPSA) is 111 Å². The molecule has 10 heteroatoms. The molecular weight excluding hydrogens is 284 g/mol. The van der Waals surface area contributed by atoms with E-state index in [0.29, 0.717) is 11.7 Å². The van der Waals surface area contributed by atoms with Gasteiger partial charge in [0, 0.05) is 13.5 Å². The molecule has 1 fully saturated rings. The number of tetrazole rings is 1. The largest absolute Gasteiger partial charge is 0.376 e. The fourth-order valence-corrected chi connectivity index (χ4v) is 2.41. The number of nitrogens with zero attached hydrogens (tertiary/aromatic N) is 4. The molecule has 9 nitrogen and oxygen atoms in total. The van der Waals surface area contributed by atoms with Gasteiger partial charge in [0.1, 0.15) is 0 Å². The van der Waals surface area contributed by atoms with Gasteiger partial charge in [-0.15, -0.1) is 5.10 Å². The summed E-state index contributed by atoms with van der Waals surface area (Å²) in [5.74, 6) is -0.532. The van der Waals surface area contributed by atoms with Gasteiger partial charge in [-0.25, -0.2) is 4.68 Å². The number of nitrogens with one attached hydrogen (secondary N) is 2. The van der Waals surface area contributed by atoms with Gasteiger partial charge in [-0.1, -0.05) is 11.8 Å². The Kier molecular flexibility index (Phi) is 5.30. The van der Waals surface area contributed by atoms with Crippen LogP contribution in [0.2, 0.25) is 0 Å². The number of hydrogen-bond acceptors (Lipinski definition) is 7. The molecular formula is C10H16N6O3S. The standard InChI is InChI=1S/C10H16N6O3S/c1-7(17)11-12-9(18)6-20-10-13-14-15-16(10)5-8-3-2-4-19-8/h8H,2-6H2,1H3,(H,11,17)(H,12,18)/t8-/m1/s1. The van der Waals surface area contributed by atoms with Crippen molar-refractivity contribution in [2.24, 2.45) is 0 Å². The quantitative estimate of drug-likeness (QED) is 0.536. The summed E-state index contributed by atoms with van der Waals surface area (Å²) in [5.41, 5.74) is 4.49. The zero-order valence-corrected chi connectivity index (χ0v) is 11.9. The van der Waals surface area contributed by atoms with Gasteiger partial charge >= 0.3 is 0 Å². The molecule has 0 spiro atoms. The molecule has 1 atom stereocenters. The first-order chi connectivity index (χ1) is 9.65. The number of carbonyl (C=O) groups excluding carboxylic acids is 2. The van der Waals surface area contributed by atoms with Crippen molar-refractivity contribution >= 4 is 23.6 Å². The van der Waals surface area contributed by atoms with Crippen LogP contribution in [0.25, 0.3) is 0 Å². The minimum atomic E-state index is -0.327. The molecule has 0 aromatic carbocycles. The van der Waals surface area contributed by atoms with Crippen molar-refractivity contribution in [3.05, 3.63) is 0 Å². The van der Waals surface area contributed by atoms with Crippen molar-refractivity contribution in [2.75, 3.05) is 12.4 Å². The van der Waals surface area contributed by atoms with Gasteiger partial charge in [0.25, 0.3) is 0 Å². The Morgan fingerprint density at radius 1 is 1.50 bits per heavy atom. The molecule has 1 aliphatic rings. The van der Waals surface area contributed by atoms with Crippen molar-refractivity contribution in [1.29, 1.82) is 0 Å². The first kappa shape index (κ1) is 14.7. The summed E-state index contributed by atoms with van der Waals surface area (Å²) in [5, 5.41) is 11.9.